The molecule has 0 aliphatic rings. The molecule has 0 saturated heterocycles. The second-order valence-electron chi connectivity index (χ2n) is 6.16. The Labute approximate surface area is 180 Å². The van der Waals surface area contributed by atoms with Crippen molar-refractivity contribution in [3.63, 3.8) is 0 Å². The van der Waals surface area contributed by atoms with Gasteiger partial charge in [0.15, 0.2) is 14.6 Å². The molecular formula is C19H19BrN2O3S3. The molecule has 0 fully saturated rings. The van der Waals surface area contributed by atoms with E-state index in [0.717, 1.165) is 20.4 Å². The van der Waals surface area contributed by atoms with Crippen LogP contribution in [0.2, 0.25) is 0 Å². The standard InChI is InChI=1S/C19H19BrN2O3S3/c1-26-10-9-22-16-8-7-15(20)11-17(16)27-19(22)21-18(23)13-28(24,25)12-14-5-3-2-4-6-14/h2-8,11H,9-10,12-13H2,1H3. The lowest BCUT2D eigenvalue weighted by Crippen LogP contribution is -2.22. The molecule has 3 aromatic rings. The van der Waals surface area contributed by atoms with E-state index in [4.69, 9.17) is 0 Å². The maximum Gasteiger partial charge on any atom is 0.263 e. The molecule has 0 N–H and O–H groups in total. The van der Waals surface area contributed by atoms with Crippen molar-refractivity contribution >= 4 is 65.0 Å². The summed E-state index contributed by atoms with van der Waals surface area (Å²) in [5, 5.41) is 0. The van der Waals surface area contributed by atoms with Gasteiger partial charge in [0.25, 0.3) is 5.91 Å². The Balaban J connectivity index is 1.89. The molecule has 3 rings (SSSR count). The molecule has 2 aromatic carbocycles. The smallest absolute Gasteiger partial charge is 0.263 e. The zero-order chi connectivity index (χ0) is 20.1. The van der Waals surface area contributed by atoms with Gasteiger partial charge in [0.05, 0.1) is 16.0 Å². The molecule has 1 amide bonds. The maximum absolute atomic E-state index is 12.4. The van der Waals surface area contributed by atoms with E-state index in [-0.39, 0.29) is 5.75 Å². The predicted molar refractivity (Wildman–Crippen MR) is 120 cm³/mol. The molecule has 0 atom stereocenters. The van der Waals surface area contributed by atoms with Crippen molar-refractivity contribution in [2.45, 2.75) is 12.3 Å². The Morgan fingerprint density at radius 2 is 1.96 bits per heavy atom. The van der Waals surface area contributed by atoms with Crippen LogP contribution in [0.1, 0.15) is 5.56 Å². The molecule has 148 valence electrons. The quantitative estimate of drug-likeness (QED) is 0.495. The number of aryl methyl sites for hydroxylation is 1. The number of carbonyl (C=O) groups is 1. The van der Waals surface area contributed by atoms with E-state index in [1.54, 1.807) is 36.0 Å². The third-order valence-corrected chi connectivity index (χ3v) is 7.54. The van der Waals surface area contributed by atoms with Gasteiger partial charge in [-0.2, -0.15) is 16.8 Å². The number of halogens is 1. The minimum Gasteiger partial charge on any atom is -0.316 e. The van der Waals surface area contributed by atoms with Crippen molar-refractivity contribution in [3.8, 4) is 0 Å². The number of sulfone groups is 1. The number of benzene rings is 2. The summed E-state index contributed by atoms with van der Waals surface area (Å²) < 4.78 is 28.7. The van der Waals surface area contributed by atoms with Crippen molar-refractivity contribution in [3.05, 3.63) is 63.4 Å². The molecular weight excluding hydrogens is 480 g/mol. The zero-order valence-electron chi connectivity index (χ0n) is 15.2. The summed E-state index contributed by atoms with van der Waals surface area (Å²) in [5.41, 5.74) is 1.65. The van der Waals surface area contributed by atoms with E-state index in [0.29, 0.717) is 16.9 Å². The highest BCUT2D eigenvalue weighted by Crippen LogP contribution is 2.22. The first-order valence-electron chi connectivity index (χ1n) is 8.48. The zero-order valence-corrected chi connectivity index (χ0v) is 19.2. The SMILES string of the molecule is CSCCn1c(=NC(=O)CS(=O)(=O)Cc2ccccc2)sc2cc(Br)ccc21. The Morgan fingerprint density at radius 3 is 2.68 bits per heavy atom. The van der Waals surface area contributed by atoms with Crippen LogP contribution in [-0.2, 0) is 26.9 Å². The number of thioether (sulfide) groups is 1. The van der Waals surface area contributed by atoms with Crippen molar-refractivity contribution in [2.24, 2.45) is 4.99 Å². The van der Waals surface area contributed by atoms with E-state index in [9.17, 15) is 13.2 Å². The van der Waals surface area contributed by atoms with Gasteiger partial charge in [0, 0.05) is 16.8 Å². The van der Waals surface area contributed by atoms with Gasteiger partial charge in [-0.1, -0.05) is 57.6 Å². The number of carbonyl (C=O) groups excluding carboxylic acids is 1. The van der Waals surface area contributed by atoms with Crippen molar-refractivity contribution in [1.29, 1.82) is 0 Å². The van der Waals surface area contributed by atoms with Gasteiger partial charge in [-0.05, 0) is 30.0 Å². The second kappa shape index (κ2) is 9.39. The van der Waals surface area contributed by atoms with Crippen LogP contribution in [0.15, 0.2) is 58.0 Å². The lowest BCUT2D eigenvalue weighted by Gasteiger charge is -2.04. The highest BCUT2D eigenvalue weighted by molar-refractivity contribution is 9.10. The molecule has 0 saturated carbocycles. The summed E-state index contributed by atoms with van der Waals surface area (Å²) >= 11 is 6.55. The van der Waals surface area contributed by atoms with Crippen LogP contribution in [0.25, 0.3) is 10.2 Å². The molecule has 0 radical (unpaired) electrons. The number of thiazole rings is 1. The van der Waals surface area contributed by atoms with E-state index >= 15 is 0 Å². The first-order valence-corrected chi connectivity index (χ1v) is 13.3. The van der Waals surface area contributed by atoms with Crippen LogP contribution in [0.5, 0.6) is 0 Å². The molecule has 9 heteroatoms. The fraction of sp³-hybridized carbons (Fsp3) is 0.263. The highest BCUT2D eigenvalue weighted by Gasteiger charge is 2.18. The number of hydrogen-bond acceptors (Lipinski definition) is 5. The predicted octanol–water partition coefficient (Wildman–Crippen LogP) is 3.87. The van der Waals surface area contributed by atoms with Gasteiger partial charge >= 0.3 is 0 Å². The Bertz CT molecular complexity index is 1150. The molecule has 0 aliphatic carbocycles. The summed E-state index contributed by atoms with van der Waals surface area (Å²) in [5.74, 6) is -0.529. The molecule has 1 aromatic heterocycles. The van der Waals surface area contributed by atoms with Crippen LogP contribution in [0.3, 0.4) is 0 Å². The van der Waals surface area contributed by atoms with Crippen LogP contribution in [0.4, 0.5) is 0 Å². The monoisotopic (exact) mass is 498 g/mol. The lowest BCUT2D eigenvalue weighted by atomic mass is 10.2. The van der Waals surface area contributed by atoms with Crippen LogP contribution >= 0.6 is 39.0 Å². The fourth-order valence-electron chi connectivity index (χ4n) is 2.74. The summed E-state index contributed by atoms with van der Waals surface area (Å²) in [6.07, 6.45) is 2.02. The van der Waals surface area contributed by atoms with E-state index in [2.05, 4.69) is 20.9 Å². The van der Waals surface area contributed by atoms with Gasteiger partial charge in [-0.25, -0.2) is 8.42 Å². The molecule has 5 nitrogen and oxygen atoms in total. The number of rotatable bonds is 7. The minimum atomic E-state index is -3.58. The number of aromatic nitrogens is 1. The first-order chi connectivity index (χ1) is 13.4. The average Bonchev–Trinajstić information content (AvgIpc) is 2.95. The molecule has 0 unspecified atom stereocenters. The van der Waals surface area contributed by atoms with Gasteiger partial charge in [0.2, 0.25) is 0 Å². The number of hydrogen-bond donors (Lipinski definition) is 0. The van der Waals surface area contributed by atoms with Gasteiger partial charge < -0.3 is 4.57 Å². The third-order valence-electron chi connectivity index (χ3n) is 3.96. The van der Waals surface area contributed by atoms with Crippen LogP contribution in [-0.4, -0.2) is 36.7 Å². The molecule has 28 heavy (non-hydrogen) atoms. The van der Waals surface area contributed by atoms with E-state index < -0.39 is 21.5 Å². The summed E-state index contributed by atoms with van der Waals surface area (Å²) in [6.45, 7) is 0.700. The second-order valence-corrected chi connectivity index (χ2v) is 11.1. The van der Waals surface area contributed by atoms with Crippen molar-refractivity contribution in [2.75, 3.05) is 17.8 Å². The van der Waals surface area contributed by atoms with Crippen LogP contribution in [0, 0.1) is 0 Å². The minimum absolute atomic E-state index is 0.166. The molecule has 0 aliphatic heterocycles. The summed E-state index contributed by atoms with van der Waals surface area (Å²) in [4.78, 5) is 17.1. The number of nitrogens with zero attached hydrogens (tertiary/aromatic N) is 2. The van der Waals surface area contributed by atoms with Gasteiger partial charge in [-0.3, -0.25) is 4.79 Å². The Hall–Kier alpha value is -1.42. The van der Waals surface area contributed by atoms with Gasteiger partial charge in [0.1, 0.15) is 5.75 Å². The van der Waals surface area contributed by atoms with E-state index in [1.165, 1.54) is 11.3 Å². The number of fused-ring (bicyclic) bond motifs is 1. The Kier molecular flexibility index (Phi) is 7.14. The fourth-order valence-corrected chi connectivity index (χ4v) is 5.97. The summed E-state index contributed by atoms with van der Waals surface area (Å²) in [7, 11) is -3.58. The highest BCUT2D eigenvalue weighted by atomic mass is 79.9. The van der Waals surface area contributed by atoms with Crippen molar-refractivity contribution in [1.82, 2.24) is 4.57 Å². The van der Waals surface area contributed by atoms with Gasteiger partial charge in [-0.15, -0.1) is 0 Å². The molecule has 1 heterocycles. The van der Waals surface area contributed by atoms with Crippen molar-refractivity contribution < 1.29 is 13.2 Å². The Morgan fingerprint density at radius 1 is 1.21 bits per heavy atom. The normalized spacial score (nSPS) is 12.6. The summed E-state index contributed by atoms with van der Waals surface area (Å²) in [6, 6.07) is 14.8. The molecule has 0 spiro atoms. The first kappa shape index (κ1) is 21.3. The largest absolute Gasteiger partial charge is 0.316 e. The maximum atomic E-state index is 12.4. The molecule has 0 bridgehead atoms. The third kappa shape index (κ3) is 5.56. The average molecular weight is 499 g/mol. The van der Waals surface area contributed by atoms with E-state index in [1.807, 2.05) is 35.1 Å². The lowest BCUT2D eigenvalue weighted by molar-refractivity contribution is -0.115. The van der Waals surface area contributed by atoms with Crippen LogP contribution < -0.4 is 4.80 Å². The topological polar surface area (TPSA) is 68.5 Å². The number of amides is 1.